The fourth-order valence-corrected chi connectivity index (χ4v) is 5.30. The smallest absolute Gasteiger partial charge is 0.245 e. The molecule has 3 aromatic heterocycles. The highest BCUT2D eigenvalue weighted by molar-refractivity contribution is 7.89. The first-order valence-corrected chi connectivity index (χ1v) is 10.1. The molecule has 27 heavy (non-hydrogen) atoms. The summed E-state index contributed by atoms with van der Waals surface area (Å²) in [5, 5.41) is 16.0. The second-order valence-electron chi connectivity index (χ2n) is 6.58. The zero-order chi connectivity index (χ0) is 18.4. The number of aromatic nitrogens is 5. The summed E-state index contributed by atoms with van der Waals surface area (Å²) in [4.78, 5) is 0.119. The molecule has 1 aliphatic heterocycles. The topological polar surface area (TPSA) is 106 Å². The lowest BCUT2D eigenvalue weighted by Gasteiger charge is -2.31. The summed E-state index contributed by atoms with van der Waals surface area (Å²) in [5.74, 6) is 0.757. The molecule has 0 saturated carbocycles. The first kappa shape index (κ1) is 16.3. The van der Waals surface area contributed by atoms with E-state index in [1.807, 2.05) is 28.8 Å². The summed E-state index contributed by atoms with van der Waals surface area (Å²) < 4.78 is 34.6. The third-order valence-corrected chi connectivity index (χ3v) is 6.85. The van der Waals surface area contributed by atoms with Gasteiger partial charge in [0.1, 0.15) is 16.2 Å². The largest absolute Gasteiger partial charge is 0.286 e. The van der Waals surface area contributed by atoms with Gasteiger partial charge in [-0.3, -0.25) is 4.40 Å². The van der Waals surface area contributed by atoms with Crippen molar-refractivity contribution in [2.75, 3.05) is 13.1 Å². The van der Waals surface area contributed by atoms with E-state index in [1.54, 1.807) is 12.1 Å². The number of nitrogens with zero attached hydrogens (tertiary/aromatic N) is 6. The van der Waals surface area contributed by atoms with E-state index in [1.165, 1.54) is 10.4 Å². The summed E-state index contributed by atoms with van der Waals surface area (Å²) >= 11 is 0. The van der Waals surface area contributed by atoms with E-state index in [9.17, 15) is 8.42 Å². The molecule has 4 aromatic rings. The second-order valence-corrected chi connectivity index (χ2v) is 8.48. The number of hydrogen-bond acceptors (Lipinski definition) is 7. The van der Waals surface area contributed by atoms with E-state index in [-0.39, 0.29) is 16.3 Å². The van der Waals surface area contributed by atoms with Gasteiger partial charge >= 0.3 is 0 Å². The SMILES string of the molecule is O=S(=O)(c1cccc2nonc12)N1CCC[C@@H](c2nnc3ccccn23)C1. The Morgan fingerprint density at radius 1 is 1.07 bits per heavy atom. The number of fused-ring (bicyclic) bond motifs is 2. The highest BCUT2D eigenvalue weighted by Gasteiger charge is 2.34. The molecular formula is C17H16N6O3S. The molecule has 0 spiro atoms. The zero-order valence-corrected chi connectivity index (χ0v) is 15.1. The number of benzene rings is 1. The fourth-order valence-electron chi connectivity index (χ4n) is 3.64. The van der Waals surface area contributed by atoms with Crippen molar-refractivity contribution in [3.05, 3.63) is 48.4 Å². The third kappa shape index (κ3) is 2.60. The Morgan fingerprint density at radius 3 is 2.93 bits per heavy atom. The van der Waals surface area contributed by atoms with Gasteiger partial charge in [0.15, 0.2) is 11.2 Å². The van der Waals surface area contributed by atoms with Crippen molar-refractivity contribution < 1.29 is 13.0 Å². The molecule has 1 atom stereocenters. The van der Waals surface area contributed by atoms with Crippen LogP contribution in [0.2, 0.25) is 0 Å². The van der Waals surface area contributed by atoms with Crippen LogP contribution in [0.15, 0.2) is 52.1 Å². The Morgan fingerprint density at radius 2 is 2.00 bits per heavy atom. The zero-order valence-electron chi connectivity index (χ0n) is 14.3. The molecule has 4 heterocycles. The van der Waals surface area contributed by atoms with Gasteiger partial charge in [0, 0.05) is 25.2 Å². The maximum atomic E-state index is 13.3. The minimum Gasteiger partial charge on any atom is -0.286 e. The predicted octanol–water partition coefficient (Wildman–Crippen LogP) is 1.83. The van der Waals surface area contributed by atoms with Crippen LogP contribution < -0.4 is 0 Å². The predicted molar refractivity (Wildman–Crippen MR) is 95.5 cm³/mol. The van der Waals surface area contributed by atoms with E-state index in [0.29, 0.717) is 18.6 Å². The molecule has 0 amide bonds. The highest BCUT2D eigenvalue weighted by atomic mass is 32.2. The Bertz CT molecular complexity index is 1230. The molecular weight excluding hydrogens is 368 g/mol. The van der Waals surface area contributed by atoms with Gasteiger partial charge in [-0.1, -0.05) is 12.1 Å². The van der Waals surface area contributed by atoms with Crippen molar-refractivity contribution in [3.8, 4) is 0 Å². The van der Waals surface area contributed by atoms with Crippen LogP contribution in [-0.2, 0) is 10.0 Å². The molecule has 1 fully saturated rings. The Balaban J connectivity index is 1.51. The van der Waals surface area contributed by atoms with E-state index in [0.717, 1.165) is 24.3 Å². The first-order chi connectivity index (χ1) is 13.1. The van der Waals surface area contributed by atoms with Gasteiger partial charge in [0.25, 0.3) is 0 Å². The quantitative estimate of drug-likeness (QED) is 0.530. The van der Waals surface area contributed by atoms with Gasteiger partial charge in [0.2, 0.25) is 10.0 Å². The van der Waals surface area contributed by atoms with Gasteiger partial charge in [0.05, 0.1) is 0 Å². The van der Waals surface area contributed by atoms with Crippen LogP contribution in [0, 0.1) is 0 Å². The normalized spacial score (nSPS) is 19.0. The van der Waals surface area contributed by atoms with Crippen LogP contribution in [0.1, 0.15) is 24.6 Å². The molecule has 0 aliphatic carbocycles. The van der Waals surface area contributed by atoms with Crippen LogP contribution in [0.25, 0.3) is 16.7 Å². The van der Waals surface area contributed by atoms with E-state index < -0.39 is 10.0 Å². The fraction of sp³-hybridized carbons (Fsp3) is 0.294. The number of piperidine rings is 1. The van der Waals surface area contributed by atoms with Crippen molar-refractivity contribution in [1.82, 2.24) is 29.2 Å². The van der Waals surface area contributed by atoms with Crippen molar-refractivity contribution >= 4 is 26.7 Å². The standard InChI is InChI=1S/C17H16N6O3S/c24-27(25,14-7-3-6-13-16(14)21-26-20-13)22-9-4-5-12(11-22)17-19-18-15-8-1-2-10-23(15)17/h1-3,6-8,10,12H,4-5,9,11H2/t12-/m1/s1. The van der Waals surface area contributed by atoms with E-state index in [2.05, 4.69) is 20.5 Å². The average molecular weight is 384 g/mol. The minimum atomic E-state index is -3.72. The van der Waals surface area contributed by atoms with Gasteiger partial charge in [-0.2, -0.15) is 4.31 Å². The molecule has 0 N–H and O–H groups in total. The second kappa shape index (κ2) is 6.10. The van der Waals surface area contributed by atoms with Gasteiger partial charge in [-0.25, -0.2) is 13.0 Å². The maximum absolute atomic E-state index is 13.3. The lowest BCUT2D eigenvalue weighted by Crippen LogP contribution is -2.39. The molecule has 1 saturated heterocycles. The lowest BCUT2D eigenvalue weighted by atomic mass is 9.99. The molecule has 138 valence electrons. The molecule has 5 rings (SSSR count). The first-order valence-electron chi connectivity index (χ1n) is 8.66. The summed E-state index contributed by atoms with van der Waals surface area (Å²) in [6.45, 7) is 0.803. The lowest BCUT2D eigenvalue weighted by molar-refractivity contribution is 0.307. The Hall–Kier alpha value is -2.85. The van der Waals surface area contributed by atoms with Crippen LogP contribution in [-0.4, -0.2) is 50.7 Å². The van der Waals surface area contributed by atoms with E-state index >= 15 is 0 Å². The Labute approximate surface area is 154 Å². The molecule has 10 heteroatoms. The van der Waals surface area contributed by atoms with Crippen LogP contribution in [0.3, 0.4) is 0 Å². The molecule has 0 bridgehead atoms. The number of rotatable bonds is 3. The van der Waals surface area contributed by atoms with Crippen molar-refractivity contribution in [2.24, 2.45) is 0 Å². The van der Waals surface area contributed by atoms with Crippen LogP contribution >= 0.6 is 0 Å². The van der Waals surface area contributed by atoms with Crippen LogP contribution in [0.5, 0.6) is 0 Å². The van der Waals surface area contributed by atoms with E-state index in [4.69, 9.17) is 4.63 Å². The monoisotopic (exact) mass is 384 g/mol. The minimum absolute atomic E-state index is 0.0273. The Kier molecular flexibility index (Phi) is 3.69. The average Bonchev–Trinajstić information content (AvgIpc) is 3.34. The molecule has 0 unspecified atom stereocenters. The van der Waals surface area contributed by atoms with Crippen LogP contribution in [0.4, 0.5) is 0 Å². The van der Waals surface area contributed by atoms with Crippen molar-refractivity contribution in [3.63, 3.8) is 0 Å². The maximum Gasteiger partial charge on any atom is 0.245 e. The molecule has 9 nitrogen and oxygen atoms in total. The molecule has 0 radical (unpaired) electrons. The van der Waals surface area contributed by atoms with Crippen molar-refractivity contribution in [1.29, 1.82) is 0 Å². The van der Waals surface area contributed by atoms with Gasteiger partial charge < -0.3 is 0 Å². The van der Waals surface area contributed by atoms with Gasteiger partial charge in [-0.15, -0.1) is 10.2 Å². The van der Waals surface area contributed by atoms with Crippen molar-refractivity contribution in [2.45, 2.75) is 23.7 Å². The molecule has 1 aliphatic rings. The molecule has 1 aromatic carbocycles. The number of hydrogen-bond donors (Lipinski definition) is 0. The highest BCUT2D eigenvalue weighted by Crippen LogP contribution is 2.31. The van der Waals surface area contributed by atoms with Gasteiger partial charge in [-0.05, 0) is 47.4 Å². The number of pyridine rings is 1. The summed E-state index contributed by atoms with van der Waals surface area (Å²) in [5.41, 5.74) is 1.44. The third-order valence-electron chi connectivity index (χ3n) is 4.96. The summed E-state index contributed by atoms with van der Waals surface area (Å²) in [6, 6.07) is 10.6. The summed E-state index contributed by atoms with van der Waals surface area (Å²) in [7, 11) is -3.72. The summed E-state index contributed by atoms with van der Waals surface area (Å²) in [6.07, 6.45) is 3.51. The number of sulfonamides is 1.